The molecule has 0 amide bonds. The van der Waals surface area contributed by atoms with Crippen LogP contribution >= 0.6 is 27.7 Å². The zero-order valence-corrected chi connectivity index (χ0v) is 15.9. The summed E-state index contributed by atoms with van der Waals surface area (Å²) >= 11 is 5.48. The summed E-state index contributed by atoms with van der Waals surface area (Å²) in [4.78, 5) is 6.01. The van der Waals surface area contributed by atoms with E-state index in [1.165, 1.54) is 27.1 Å². The van der Waals surface area contributed by atoms with Gasteiger partial charge in [-0.3, -0.25) is 4.99 Å². The molecule has 2 aromatic carbocycles. The Bertz CT molecular complexity index is 740. The summed E-state index contributed by atoms with van der Waals surface area (Å²) in [6.45, 7) is 6.30. The third-order valence-corrected chi connectivity index (χ3v) is 5.83. The Hall–Kier alpha value is -1.26. The quantitative estimate of drug-likeness (QED) is 0.736. The van der Waals surface area contributed by atoms with Gasteiger partial charge < -0.3 is 5.32 Å². The Labute approximate surface area is 150 Å². The highest BCUT2D eigenvalue weighted by atomic mass is 79.9. The molecule has 1 heterocycles. The molecule has 2 nitrogen and oxygen atoms in total. The van der Waals surface area contributed by atoms with Crippen molar-refractivity contribution in [2.75, 3.05) is 13.1 Å². The molecule has 0 aromatic heterocycles. The molecule has 1 N–H and O–H groups in total. The predicted octanol–water partition coefficient (Wildman–Crippen LogP) is 5.10. The van der Waals surface area contributed by atoms with E-state index in [4.69, 9.17) is 0 Å². The topological polar surface area (TPSA) is 24.4 Å². The van der Waals surface area contributed by atoms with E-state index in [0.717, 1.165) is 35.6 Å². The fourth-order valence-corrected chi connectivity index (χ4v) is 4.32. The second-order valence-corrected chi connectivity index (χ2v) is 7.72. The average molecular weight is 389 g/mol. The Morgan fingerprint density at radius 3 is 2.83 bits per heavy atom. The monoisotopic (exact) mass is 388 g/mol. The summed E-state index contributed by atoms with van der Waals surface area (Å²) in [6.07, 6.45) is 1.12. The number of rotatable bonds is 4. The Kier molecular flexibility index (Phi) is 5.44. The van der Waals surface area contributed by atoms with Crippen molar-refractivity contribution in [3.05, 3.63) is 63.1 Å². The van der Waals surface area contributed by atoms with Gasteiger partial charge in [0.25, 0.3) is 0 Å². The molecule has 120 valence electrons. The predicted molar refractivity (Wildman–Crippen MR) is 104 cm³/mol. The minimum Gasteiger partial charge on any atom is -0.370 e. The number of aliphatic imine (C=N–C) groups is 1. The molecule has 0 aliphatic carbocycles. The largest absolute Gasteiger partial charge is 0.370 e. The highest BCUT2D eigenvalue weighted by Crippen LogP contribution is 2.31. The lowest BCUT2D eigenvalue weighted by atomic mass is 10.1. The van der Waals surface area contributed by atoms with Crippen LogP contribution in [0.2, 0.25) is 0 Å². The normalized spacial score (nSPS) is 14.3. The van der Waals surface area contributed by atoms with Crippen molar-refractivity contribution in [1.82, 2.24) is 5.32 Å². The molecule has 0 bridgehead atoms. The van der Waals surface area contributed by atoms with E-state index in [0.29, 0.717) is 0 Å². The van der Waals surface area contributed by atoms with Gasteiger partial charge in [-0.05, 0) is 49.1 Å². The molecule has 1 aliphatic heterocycles. The molecule has 2 aromatic rings. The van der Waals surface area contributed by atoms with Gasteiger partial charge in [-0.2, -0.15) is 0 Å². The van der Waals surface area contributed by atoms with Crippen LogP contribution in [-0.4, -0.2) is 18.9 Å². The van der Waals surface area contributed by atoms with E-state index < -0.39 is 0 Å². The lowest BCUT2D eigenvalue weighted by Crippen LogP contribution is -2.30. The first-order valence-electron chi connectivity index (χ1n) is 7.91. The molecule has 3 rings (SSSR count). The van der Waals surface area contributed by atoms with Gasteiger partial charge in [-0.1, -0.05) is 40.2 Å². The fraction of sp³-hybridized carbons (Fsp3) is 0.316. The maximum atomic E-state index is 4.67. The molecule has 23 heavy (non-hydrogen) atoms. The first kappa shape index (κ1) is 16.6. The Balaban J connectivity index is 1.87. The van der Waals surface area contributed by atoms with Crippen LogP contribution in [0.4, 0.5) is 0 Å². The van der Waals surface area contributed by atoms with Crippen molar-refractivity contribution in [3.63, 3.8) is 0 Å². The third-order valence-electron chi connectivity index (χ3n) is 4.05. The van der Waals surface area contributed by atoms with Gasteiger partial charge in [-0.15, -0.1) is 11.8 Å². The van der Waals surface area contributed by atoms with Crippen molar-refractivity contribution in [2.45, 2.75) is 30.9 Å². The van der Waals surface area contributed by atoms with E-state index >= 15 is 0 Å². The minimum absolute atomic E-state index is 0.922. The van der Waals surface area contributed by atoms with E-state index in [2.05, 4.69) is 76.5 Å². The van der Waals surface area contributed by atoms with E-state index in [9.17, 15) is 0 Å². The zero-order valence-electron chi connectivity index (χ0n) is 13.5. The van der Waals surface area contributed by atoms with Crippen LogP contribution in [0.15, 0.2) is 50.8 Å². The molecule has 1 aliphatic rings. The van der Waals surface area contributed by atoms with Gasteiger partial charge in [0.1, 0.15) is 5.84 Å². The number of nitrogens with one attached hydrogen (secondary N) is 1. The Morgan fingerprint density at radius 1 is 1.17 bits per heavy atom. The van der Waals surface area contributed by atoms with Gasteiger partial charge in [0, 0.05) is 33.8 Å². The second kappa shape index (κ2) is 7.54. The van der Waals surface area contributed by atoms with Crippen LogP contribution in [0, 0.1) is 13.8 Å². The number of thioether (sulfide) groups is 1. The highest BCUT2D eigenvalue weighted by molar-refractivity contribution is 9.10. The maximum absolute atomic E-state index is 4.67. The SMILES string of the molecule is Cc1ccc(Br)cc1CSc1c(C)cccc1C1=NCCCN1. The van der Waals surface area contributed by atoms with Crippen molar-refractivity contribution in [1.29, 1.82) is 0 Å². The molecule has 0 spiro atoms. The number of amidine groups is 1. The van der Waals surface area contributed by atoms with Crippen LogP contribution in [0.1, 0.15) is 28.7 Å². The summed E-state index contributed by atoms with van der Waals surface area (Å²) in [5, 5.41) is 3.45. The zero-order chi connectivity index (χ0) is 16.2. The van der Waals surface area contributed by atoms with Crippen molar-refractivity contribution in [3.8, 4) is 0 Å². The van der Waals surface area contributed by atoms with Crippen LogP contribution in [0.3, 0.4) is 0 Å². The molecule has 4 heteroatoms. The van der Waals surface area contributed by atoms with Crippen LogP contribution < -0.4 is 5.32 Å². The average Bonchev–Trinajstić information content (AvgIpc) is 2.57. The van der Waals surface area contributed by atoms with Crippen LogP contribution in [0.25, 0.3) is 0 Å². The highest BCUT2D eigenvalue weighted by Gasteiger charge is 2.14. The first-order chi connectivity index (χ1) is 11.1. The van der Waals surface area contributed by atoms with Gasteiger partial charge in [0.05, 0.1) is 0 Å². The molecule has 0 saturated carbocycles. The number of halogens is 1. The van der Waals surface area contributed by atoms with Gasteiger partial charge in [0.2, 0.25) is 0 Å². The summed E-state index contributed by atoms with van der Waals surface area (Å²) in [5.74, 6) is 2.02. The number of aryl methyl sites for hydroxylation is 2. The summed E-state index contributed by atoms with van der Waals surface area (Å²) < 4.78 is 1.14. The van der Waals surface area contributed by atoms with Crippen molar-refractivity contribution < 1.29 is 0 Å². The summed E-state index contributed by atoms with van der Waals surface area (Å²) in [5.41, 5.74) is 5.26. The molecular weight excluding hydrogens is 368 g/mol. The van der Waals surface area contributed by atoms with E-state index in [1.54, 1.807) is 0 Å². The smallest absolute Gasteiger partial charge is 0.129 e. The standard InChI is InChI=1S/C19H21BrN2S/c1-13-7-8-16(20)11-15(13)12-23-18-14(2)5-3-6-17(18)19-21-9-4-10-22-19/h3,5-8,11H,4,9-10,12H2,1-2H3,(H,21,22). The summed E-state index contributed by atoms with van der Waals surface area (Å²) in [7, 11) is 0. The molecular formula is C19H21BrN2S. The lowest BCUT2D eigenvalue weighted by Gasteiger charge is -2.19. The molecule has 0 fully saturated rings. The number of hydrogen-bond acceptors (Lipinski definition) is 3. The van der Waals surface area contributed by atoms with Gasteiger partial charge >= 0.3 is 0 Å². The van der Waals surface area contributed by atoms with Crippen LogP contribution in [0.5, 0.6) is 0 Å². The van der Waals surface area contributed by atoms with Gasteiger partial charge in [-0.25, -0.2) is 0 Å². The van der Waals surface area contributed by atoms with Crippen molar-refractivity contribution >= 4 is 33.5 Å². The molecule has 0 saturated heterocycles. The number of benzene rings is 2. The van der Waals surface area contributed by atoms with Gasteiger partial charge in [0.15, 0.2) is 0 Å². The summed E-state index contributed by atoms with van der Waals surface area (Å²) in [6, 6.07) is 13.0. The molecule has 0 atom stereocenters. The molecule has 0 unspecified atom stereocenters. The van der Waals surface area contributed by atoms with E-state index in [1.807, 2.05) is 11.8 Å². The lowest BCUT2D eigenvalue weighted by molar-refractivity contribution is 0.741. The molecule has 0 radical (unpaired) electrons. The second-order valence-electron chi connectivity index (χ2n) is 5.82. The maximum Gasteiger partial charge on any atom is 0.129 e. The minimum atomic E-state index is 0.922. The first-order valence-corrected chi connectivity index (χ1v) is 9.69. The Morgan fingerprint density at radius 2 is 2.04 bits per heavy atom. The van der Waals surface area contributed by atoms with E-state index in [-0.39, 0.29) is 0 Å². The fourth-order valence-electron chi connectivity index (χ4n) is 2.69. The van der Waals surface area contributed by atoms with Crippen molar-refractivity contribution in [2.24, 2.45) is 4.99 Å². The van der Waals surface area contributed by atoms with Crippen LogP contribution in [-0.2, 0) is 5.75 Å². The number of nitrogens with zero attached hydrogens (tertiary/aromatic N) is 1. The number of hydrogen-bond donors (Lipinski definition) is 1. The third kappa shape index (κ3) is 3.99.